The Morgan fingerprint density at radius 2 is 2.29 bits per heavy atom. The second kappa shape index (κ2) is 6.31. The normalized spacial score (nSPS) is 16.8. The van der Waals surface area contributed by atoms with Crippen LogP contribution >= 0.6 is 11.8 Å². The van der Waals surface area contributed by atoms with E-state index in [1.54, 1.807) is 0 Å². The highest BCUT2D eigenvalue weighted by molar-refractivity contribution is 7.98. The van der Waals surface area contributed by atoms with Crippen LogP contribution in [0.1, 0.15) is 37.4 Å². The number of benzene rings is 1. The van der Waals surface area contributed by atoms with Crippen LogP contribution in [0, 0.1) is 0 Å². The summed E-state index contributed by atoms with van der Waals surface area (Å²) in [6.45, 7) is 0. The molecule has 0 heterocycles. The molecule has 1 saturated carbocycles. The molecule has 2 rings (SSSR count). The number of hydrogen-bond acceptors (Lipinski definition) is 3. The molecular weight excluding hydrogens is 232 g/mol. The van der Waals surface area contributed by atoms with Crippen molar-refractivity contribution in [1.29, 1.82) is 0 Å². The van der Waals surface area contributed by atoms with Gasteiger partial charge in [-0.05, 0) is 55.4 Å². The van der Waals surface area contributed by atoms with E-state index in [9.17, 15) is 5.11 Å². The maximum Gasteiger partial charge on any atom is 0.120 e. The van der Waals surface area contributed by atoms with Crippen molar-refractivity contribution in [3.63, 3.8) is 0 Å². The highest BCUT2D eigenvalue weighted by Crippen LogP contribution is 2.29. The number of aliphatic hydroxyl groups is 1. The highest BCUT2D eigenvalue weighted by atomic mass is 32.2. The number of thioether (sulfide) groups is 1. The first-order valence-electron chi connectivity index (χ1n) is 6.23. The molecule has 94 valence electrons. The summed E-state index contributed by atoms with van der Waals surface area (Å²) in [5.41, 5.74) is 0.976. The summed E-state index contributed by atoms with van der Waals surface area (Å²) >= 11 is 1.82. The summed E-state index contributed by atoms with van der Waals surface area (Å²) in [6, 6.07) is 7.88. The van der Waals surface area contributed by atoms with Gasteiger partial charge < -0.3 is 9.84 Å². The molecule has 1 fully saturated rings. The lowest BCUT2D eigenvalue weighted by Crippen LogP contribution is -2.00. The van der Waals surface area contributed by atoms with Gasteiger partial charge in [-0.25, -0.2) is 0 Å². The molecule has 1 aromatic rings. The predicted octanol–water partition coefficient (Wildman–Crippen LogP) is 3.40. The van der Waals surface area contributed by atoms with E-state index in [2.05, 4.69) is 6.26 Å². The Hall–Kier alpha value is -0.670. The number of hydrogen-bond donors (Lipinski definition) is 1. The Morgan fingerprint density at radius 3 is 3.00 bits per heavy atom. The Labute approximate surface area is 107 Å². The fourth-order valence-corrected chi connectivity index (χ4v) is 2.22. The van der Waals surface area contributed by atoms with E-state index in [1.165, 1.54) is 12.8 Å². The first-order chi connectivity index (χ1) is 8.29. The van der Waals surface area contributed by atoms with Crippen LogP contribution in [0.5, 0.6) is 5.75 Å². The zero-order chi connectivity index (χ0) is 12.1. The summed E-state index contributed by atoms with van der Waals surface area (Å²) < 4.78 is 5.73. The summed E-state index contributed by atoms with van der Waals surface area (Å²) in [5, 5.41) is 10.1. The van der Waals surface area contributed by atoms with E-state index in [-0.39, 0.29) is 6.10 Å². The zero-order valence-corrected chi connectivity index (χ0v) is 11.1. The quantitative estimate of drug-likeness (QED) is 0.754. The number of ether oxygens (including phenoxy) is 1. The van der Waals surface area contributed by atoms with Gasteiger partial charge in [0.15, 0.2) is 0 Å². The van der Waals surface area contributed by atoms with Crippen molar-refractivity contribution < 1.29 is 9.84 Å². The SMILES string of the molecule is CSCCCC(O)c1cccc(OC2CC2)c1. The van der Waals surface area contributed by atoms with Crippen LogP contribution in [-0.2, 0) is 0 Å². The van der Waals surface area contributed by atoms with E-state index in [0.29, 0.717) is 6.10 Å². The van der Waals surface area contributed by atoms with Gasteiger partial charge in [0.2, 0.25) is 0 Å². The average molecular weight is 252 g/mol. The third-order valence-corrected chi connectivity index (χ3v) is 3.59. The van der Waals surface area contributed by atoms with Gasteiger partial charge >= 0.3 is 0 Å². The fourth-order valence-electron chi connectivity index (χ4n) is 1.76. The molecule has 0 bridgehead atoms. The maximum atomic E-state index is 10.1. The van der Waals surface area contributed by atoms with Gasteiger partial charge in [-0.1, -0.05) is 12.1 Å². The largest absolute Gasteiger partial charge is 0.490 e. The van der Waals surface area contributed by atoms with Crippen LogP contribution in [0.25, 0.3) is 0 Å². The minimum atomic E-state index is -0.357. The van der Waals surface area contributed by atoms with Crippen molar-refractivity contribution in [2.24, 2.45) is 0 Å². The molecule has 1 N–H and O–H groups in total. The lowest BCUT2D eigenvalue weighted by atomic mass is 10.1. The van der Waals surface area contributed by atoms with Gasteiger partial charge in [0, 0.05) is 0 Å². The Morgan fingerprint density at radius 1 is 1.47 bits per heavy atom. The lowest BCUT2D eigenvalue weighted by Gasteiger charge is -2.12. The second-order valence-corrected chi connectivity index (χ2v) is 5.53. The van der Waals surface area contributed by atoms with Crippen LogP contribution in [0.15, 0.2) is 24.3 Å². The molecular formula is C14H20O2S. The van der Waals surface area contributed by atoms with Gasteiger partial charge in [-0.15, -0.1) is 0 Å². The molecule has 1 aromatic carbocycles. The maximum absolute atomic E-state index is 10.1. The molecule has 0 saturated heterocycles. The topological polar surface area (TPSA) is 29.5 Å². The van der Waals surface area contributed by atoms with Gasteiger partial charge in [-0.2, -0.15) is 11.8 Å². The standard InChI is InChI=1S/C14H20O2S/c1-17-9-3-6-14(15)11-4-2-5-13(10-11)16-12-7-8-12/h2,4-5,10,12,14-15H,3,6-9H2,1H3. The molecule has 1 unspecified atom stereocenters. The molecule has 2 nitrogen and oxygen atoms in total. The summed E-state index contributed by atoms with van der Waals surface area (Å²) in [6.07, 6.45) is 6.37. The van der Waals surface area contributed by atoms with Crippen LogP contribution in [0.2, 0.25) is 0 Å². The molecule has 0 amide bonds. The van der Waals surface area contributed by atoms with E-state index in [4.69, 9.17) is 4.74 Å². The van der Waals surface area contributed by atoms with E-state index in [0.717, 1.165) is 29.9 Å². The molecule has 1 atom stereocenters. The third kappa shape index (κ3) is 4.25. The molecule has 0 spiro atoms. The second-order valence-electron chi connectivity index (χ2n) is 4.54. The van der Waals surface area contributed by atoms with Crippen LogP contribution in [-0.4, -0.2) is 23.2 Å². The van der Waals surface area contributed by atoms with Crippen molar-refractivity contribution in [2.45, 2.75) is 37.9 Å². The number of rotatable bonds is 7. The van der Waals surface area contributed by atoms with Gasteiger partial charge in [-0.3, -0.25) is 0 Å². The van der Waals surface area contributed by atoms with E-state index >= 15 is 0 Å². The Bertz CT molecular complexity index is 350. The molecule has 1 aliphatic rings. The molecule has 0 aromatic heterocycles. The smallest absolute Gasteiger partial charge is 0.120 e. The Balaban J connectivity index is 1.89. The first-order valence-corrected chi connectivity index (χ1v) is 7.62. The molecule has 3 heteroatoms. The number of aliphatic hydroxyl groups excluding tert-OH is 1. The van der Waals surface area contributed by atoms with Crippen molar-refractivity contribution in [2.75, 3.05) is 12.0 Å². The minimum Gasteiger partial charge on any atom is -0.490 e. The van der Waals surface area contributed by atoms with Gasteiger partial charge in [0.05, 0.1) is 12.2 Å². The van der Waals surface area contributed by atoms with Crippen molar-refractivity contribution in [3.8, 4) is 5.75 Å². The molecule has 1 aliphatic carbocycles. The first kappa shape index (κ1) is 12.8. The third-order valence-electron chi connectivity index (χ3n) is 2.90. The Kier molecular flexibility index (Phi) is 4.75. The molecule has 0 radical (unpaired) electrons. The van der Waals surface area contributed by atoms with Crippen LogP contribution in [0.4, 0.5) is 0 Å². The van der Waals surface area contributed by atoms with Crippen LogP contribution < -0.4 is 4.74 Å². The average Bonchev–Trinajstić information content (AvgIpc) is 3.13. The van der Waals surface area contributed by atoms with Crippen molar-refractivity contribution in [1.82, 2.24) is 0 Å². The molecule has 0 aliphatic heterocycles. The van der Waals surface area contributed by atoms with Crippen LogP contribution in [0.3, 0.4) is 0 Å². The van der Waals surface area contributed by atoms with Crippen molar-refractivity contribution >= 4 is 11.8 Å². The summed E-state index contributed by atoms with van der Waals surface area (Å²) in [4.78, 5) is 0. The van der Waals surface area contributed by atoms with Crippen molar-refractivity contribution in [3.05, 3.63) is 29.8 Å². The summed E-state index contributed by atoms with van der Waals surface area (Å²) in [5.74, 6) is 2.00. The minimum absolute atomic E-state index is 0.357. The zero-order valence-electron chi connectivity index (χ0n) is 10.3. The van der Waals surface area contributed by atoms with E-state index < -0.39 is 0 Å². The van der Waals surface area contributed by atoms with E-state index in [1.807, 2.05) is 36.0 Å². The van der Waals surface area contributed by atoms with Gasteiger partial charge in [0.1, 0.15) is 5.75 Å². The fraction of sp³-hybridized carbons (Fsp3) is 0.571. The lowest BCUT2D eigenvalue weighted by molar-refractivity contribution is 0.166. The molecule has 17 heavy (non-hydrogen) atoms. The predicted molar refractivity (Wildman–Crippen MR) is 72.7 cm³/mol. The van der Waals surface area contributed by atoms with Gasteiger partial charge in [0.25, 0.3) is 0 Å². The monoisotopic (exact) mass is 252 g/mol. The highest BCUT2D eigenvalue weighted by Gasteiger charge is 2.23. The summed E-state index contributed by atoms with van der Waals surface area (Å²) in [7, 11) is 0.